The summed E-state index contributed by atoms with van der Waals surface area (Å²) in [4.78, 5) is 10.1. The maximum atomic E-state index is 11.4. The Hall–Kier alpha value is -3.37. The predicted octanol–water partition coefficient (Wildman–Crippen LogP) is 4.42. The summed E-state index contributed by atoms with van der Waals surface area (Å²) in [6.07, 6.45) is 0. The average Bonchev–Trinajstić information content (AvgIpc) is 2.60. The molecule has 0 saturated carbocycles. The van der Waals surface area contributed by atoms with Crippen LogP contribution in [0.4, 0.5) is 17.1 Å². The molecule has 138 valence electrons. The van der Waals surface area contributed by atoms with Gasteiger partial charge in [0.15, 0.2) is 0 Å². The average molecular weight is 387 g/mol. The predicted molar refractivity (Wildman–Crippen MR) is 97.4 cm³/mol. The summed E-state index contributed by atoms with van der Waals surface area (Å²) in [5, 5.41) is 29.9. The topological polar surface area (TPSA) is 142 Å². The molecule has 3 rings (SSSR count). The van der Waals surface area contributed by atoms with E-state index < -0.39 is 15.0 Å². The fourth-order valence-electron chi connectivity index (χ4n) is 2.56. The Kier molecular flexibility index (Phi) is 4.60. The summed E-state index contributed by atoms with van der Waals surface area (Å²) < 4.78 is 32.0. The molecule has 0 spiro atoms. The van der Waals surface area contributed by atoms with Crippen LogP contribution in [-0.2, 0) is 10.1 Å². The van der Waals surface area contributed by atoms with Crippen molar-refractivity contribution in [1.29, 1.82) is 0 Å². The van der Waals surface area contributed by atoms with E-state index in [-0.39, 0.29) is 33.1 Å². The van der Waals surface area contributed by atoms with E-state index in [0.29, 0.717) is 10.9 Å². The molecule has 0 aliphatic carbocycles. The van der Waals surface area contributed by atoms with Crippen LogP contribution in [0.15, 0.2) is 63.7 Å². The van der Waals surface area contributed by atoms with Gasteiger partial charge in [-0.25, -0.2) is 0 Å². The van der Waals surface area contributed by atoms with E-state index in [1.165, 1.54) is 49.4 Å². The lowest BCUT2D eigenvalue weighted by Gasteiger charge is -2.06. The van der Waals surface area contributed by atoms with Gasteiger partial charge < -0.3 is 5.11 Å². The lowest BCUT2D eigenvalue weighted by molar-refractivity contribution is -0.385. The minimum absolute atomic E-state index is 0.0242. The summed E-state index contributed by atoms with van der Waals surface area (Å²) in [5.74, 6) is -0.262. The molecule has 0 heterocycles. The van der Waals surface area contributed by atoms with Crippen LogP contribution in [0.5, 0.6) is 5.75 Å². The number of rotatable bonds is 4. The van der Waals surface area contributed by atoms with E-state index in [2.05, 4.69) is 10.2 Å². The first-order valence-electron chi connectivity index (χ1n) is 7.57. The summed E-state index contributed by atoms with van der Waals surface area (Å²) in [6, 6.07) is 11.1. The highest BCUT2D eigenvalue weighted by Gasteiger charge is 2.15. The van der Waals surface area contributed by atoms with Crippen LogP contribution in [0.25, 0.3) is 10.8 Å². The molecule has 2 N–H and O–H groups in total. The summed E-state index contributed by atoms with van der Waals surface area (Å²) in [7, 11) is -4.44. The Bertz CT molecular complexity index is 1200. The molecule has 0 amide bonds. The normalized spacial score (nSPS) is 11.9. The number of phenols is 1. The van der Waals surface area contributed by atoms with Crippen molar-refractivity contribution in [1.82, 2.24) is 0 Å². The second kappa shape index (κ2) is 6.74. The number of nitro groups is 1. The van der Waals surface area contributed by atoms with Crippen LogP contribution in [0, 0.1) is 17.0 Å². The van der Waals surface area contributed by atoms with E-state index in [1.807, 2.05) is 0 Å². The minimum atomic E-state index is -4.44. The number of nitro benzene ring substituents is 1. The van der Waals surface area contributed by atoms with E-state index in [9.17, 15) is 28.2 Å². The molecule has 9 nitrogen and oxygen atoms in total. The zero-order valence-electron chi connectivity index (χ0n) is 13.9. The number of nitrogens with zero attached hydrogens (tertiary/aromatic N) is 3. The Morgan fingerprint density at radius 2 is 1.78 bits per heavy atom. The molecule has 0 atom stereocenters. The Labute approximate surface area is 153 Å². The number of azo groups is 1. The van der Waals surface area contributed by atoms with Crippen LogP contribution in [0.1, 0.15) is 5.56 Å². The second-order valence-electron chi connectivity index (χ2n) is 5.67. The molecule has 0 aromatic heterocycles. The summed E-state index contributed by atoms with van der Waals surface area (Å²) in [5.41, 5.74) is 0.377. The monoisotopic (exact) mass is 387 g/mol. The van der Waals surface area contributed by atoms with Gasteiger partial charge in [-0.05, 0) is 36.6 Å². The number of phenolic OH excluding ortho intramolecular Hbond substituents is 1. The smallest absolute Gasteiger partial charge is 0.294 e. The standard InChI is InChI=1S/C17H13N3O6S/c1-10-14(3-2-4-15(10)20(22)23)18-19-17-13-9-12(27(24,25)26)7-5-11(13)6-8-16(17)21/h2-9,21H,1H3,(H,24,25,26). The first kappa shape index (κ1) is 18.4. The van der Waals surface area contributed by atoms with Gasteiger partial charge in [0.05, 0.1) is 21.1 Å². The van der Waals surface area contributed by atoms with Crippen LogP contribution >= 0.6 is 0 Å². The largest absolute Gasteiger partial charge is 0.506 e. The zero-order chi connectivity index (χ0) is 19.8. The summed E-state index contributed by atoms with van der Waals surface area (Å²) >= 11 is 0. The first-order valence-corrected chi connectivity index (χ1v) is 9.01. The highest BCUT2D eigenvalue weighted by atomic mass is 32.2. The SMILES string of the molecule is Cc1c(N=Nc2c(O)ccc3ccc(S(=O)(=O)O)cc23)cccc1[N+](=O)[O-]. The van der Waals surface area contributed by atoms with Gasteiger partial charge in [-0.1, -0.05) is 18.2 Å². The van der Waals surface area contributed by atoms with Crippen LogP contribution < -0.4 is 0 Å². The van der Waals surface area contributed by atoms with E-state index in [4.69, 9.17) is 0 Å². The molecule has 0 aliphatic heterocycles. The van der Waals surface area contributed by atoms with Gasteiger partial charge in [0, 0.05) is 11.5 Å². The number of benzene rings is 3. The lowest BCUT2D eigenvalue weighted by Crippen LogP contribution is -1.97. The number of hydrogen-bond donors (Lipinski definition) is 2. The van der Waals surface area contributed by atoms with Gasteiger partial charge in [0.25, 0.3) is 15.8 Å². The van der Waals surface area contributed by atoms with Gasteiger partial charge in [-0.15, -0.1) is 10.2 Å². The van der Waals surface area contributed by atoms with E-state index in [1.54, 1.807) is 6.07 Å². The number of hydrogen-bond acceptors (Lipinski definition) is 7. The molecule has 0 bridgehead atoms. The molecule has 0 saturated heterocycles. The molecule has 0 fully saturated rings. The molecule has 0 radical (unpaired) electrons. The Morgan fingerprint density at radius 1 is 1.07 bits per heavy atom. The van der Waals surface area contributed by atoms with Crippen molar-refractivity contribution < 1.29 is 23.0 Å². The first-order chi connectivity index (χ1) is 12.7. The van der Waals surface area contributed by atoms with E-state index in [0.717, 1.165) is 0 Å². The van der Waals surface area contributed by atoms with Gasteiger partial charge in [0.2, 0.25) is 0 Å². The third kappa shape index (κ3) is 3.61. The molecular weight excluding hydrogens is 374 g/mol. The van der Waals surface area contributed by atoms with Crippen LogP contribution in [-0.4, -0.2) is 23.0 Å². The van der Waals surface area contributed by atoms with Crippen molar-refractivity contribution >= 4 is 38.0 Å². The number of aromatic hydroxyl groups is 1. The molecule has 3 aromatic carbocycles. The van der Waals surface area contributed by atoms with Crippen molar-refractivity contribution in [2.75, 3.05) is 0 Å². The molecule has 27 heavy (non-hydrogen) atoms. The Balaban J connectivity index is 2.17. The third-order valence-electron chi connectivity index (χ3n) is 3.97. The molecule has 0 aliphatic rings. The van der Waals surface area contributed by atoms with Crippen molar-refractivity contribution in [3.8, 4) is 5.75 Å². The fourth-order valence-corrected chi connectivity index (χ4v) is 3.07. The minimum Gasteiger partial charge on any atom is -0.506 e. The zero-order valence-corrected chi connectivity index (χ0v) is 14.7. The molecule has 3 aromatic rings. The van der Waals surface area contributed by atoms with Gasteiger partial charge in [0.1, 0.15) is 11.4 Å². The molecule has 0 unspecified atom stereocenters. The molecule has 10 heteroatoms. The summed E-state index contributed by atoms with van der Waals surface area (Å²) in [6.45, 7) is 1.52. The third-order valence-corrected chi connectivity index (χ3v) is 4.82. The second-order valence-corrected chi connectivity index (χ2v) is 7.09. The highest BCUT2D eigenvalue weighted by molar-refractivity contribution is 7.85. The quantitative estimate of drug-likeness (QED) is 0.293. The van der Waals surface area contributed by atoms with Crippen molar-refractivity contribution in [3.63, 3.8) is 0 Å². The number of fused-ring (bicyclic) bond motifs is 1. The van der Waals surface area contributed by atoms with Crippen molar-refractivity contribution in [3.05, 3.63) is 64.2 Å². The van der Waals surface area contributed by atoms with Gasteiger partial charge >= 0.3 is 0 Å². The fraction of sp³-hybridized carbons (Fsp3) is 0.0588. The van der Waals surface area contributed by atoms with Crippen molar-refractivity contribution in [2.24, 2.45) is 10.2 Å². The van der Waals surface area contributed by atoms with Crippen molar-refractivity contribution in [2.45, 2.75) is 11.8 Å². The Morgan fingerprint density at radius 3 is 2.44 bits per heavy atom. The maximum absolute atomic E-state index is 11.4. The maximum Gasteiger partial charge on any atom is 0.294 e. The van der Waals surface area contributed by atoms with Crippen LogP contribution in [0.2, 0.25) is 0 Å². The highest BCUT2D eigenvalue weighted by Crippen LogP contribution is 2.38. The van der Waals surface area contributed by atoms with E-state index >= 15 is 0 Å². The van der Waals surface area contributed by atoms with Crippen LogP contribution in [0.3, 0.4) is 0 Å². The van der Waals surface area contributed by atoms with Gasteiger partial charge in [-0.2, -0.15) is 8.42 Å². The molecular formula is C17H13N3O6S. The van der Waals surface area contributed by atoms with Gasteiger partial charge in [-0.3, -0.25) is 14.7 Å². The lowest BCUT2D eigenvalue weighted by atomic mass is 10.1.